The number of hydrogen-bond acceptors (Lipinski definition) is 4. The molecule has 122 valence electrons. The Morgan fingerprint density at radius 2 is 2.17 bits per heavy atom. The van der Waals surface area contributed by atoms with Crippen molar-refractivity contribution in [3.63, 3.8) is 0 Å². The van der Waals surface area contributed by atoms with Gasteiger partial charge in [-0.25, -0.2) is 9.07 Å². The van der Waals surface area contributed by atoms with Crippen LogP contribution in [0.15, 0.2) is 35.1 Å². The van der Waals surface area contributed by atoms with E-state index in [1.165, 1.54) is 10.7 Å². The van der Waals surface area contributed by atoms with Gasteiger partial charge in [0.15, 0.2) is 11.6 Å². The fourth-order valence-corrected chi connectivity index (χ4v) is 2.76. The summed E-state index contributed by atoms with van der Waals surface area (Å²) in [4.78, 5) is 14.1. The minimum absolute atomic E-state index is 0.0595. The minimum Gasteiger partial charge on any atom is -0.489 e. The molecular weight excluding hydrogens is 297 g/mol. The zero-order chi connectivity index (χ0) is 16.2. The third kappa shape index (κ3) is 3.59. The quantitative estimate of drug-likeness (QED) is 0.844. The van der Waals surface area contributed by atoms with Gasteiger partial charge >= 0.3 is 0 Å². The zero-order valence-corrected chi connectivity index (χ0v) is 13.2. The van der Waals surface area contributed by atoms with Gasteiger partial charge in [0.05, 0.1) is 5.69 Å². The number of nitrogens with zero attached hydrogens (tertiary/aromatic N) is 3. The summed E-state index contributed by atoms with van der Waals surface area (Å²) in [6.07, 6.45) is 0.815. The lowest BCUT2D eigenvalue weighted by Gasteiger charge is -2.28. The van der Waals surface area contributed by atoms with E-state index in [1.807, 2.05) is 6.92 Å². The Morgan fingerprint density at radius 3 is 2.96 bits per heavy atom. The molecule has 2 heterocycles. The summed E-state index contributed by atoms with van der Waals surface area (Å²) in [7, 11) is 0. The molecule has 5 nitrogen and oxygen atoms in total. The van der Waals surface area contributed by atoms with Crippen molar-refractivity contribution < 1.29 is 9.13 Å². The van der Waals surface area contributed by atoms with E-state index in [-0.39, 0.29) is 17.1 Å². The van der Waals surface area contributed by atoms with Gasteiger partial charge in [-0.15, -0.1) is 0 Å². The van der Waals surface area contributed by atoms with E-state index >= 15 is 0 Å². The molecular formula is C17H20FN3O2. The van der Waals surface area contributed by atoms with Crippen LogP contribution in [0.5, 0.6) is 5.75 Å². The van der Waals surface area contributed by atoms with Crippen LogP contribution >= 0.6 is 0 Å². The summed E-state index contributed by atoms with van der Waals surface area (Å²) in [6.45, 7) is 5.15. The number of aromatic nitrogens is 2. The molecule has 0 saturated carbocycles. The molecule has 0 atom stereocenters. The first-order valence-electron chi connectivity index (χ1n) is 7.87. The topological polar surface area (TPSA) is 47.4 Å². The second kappa shape index (κ2) is 6.91. The van der Waals surface area contributed by atoms with Crippen molar-refractivity contribution in [1.29, 1.82) is 0 Å². The van der Waals surface area contributed by atoms with E-state index in [9.17, 15) is 9.18 Å². The Kier molecular flexibility index (Phi) is 4.71. The number of rotatable bonds is 5. The van der Waals surface area contributed by atoms with Crippen molar-refractivity contribution >= 4 is 0 Å². The largest absolute Gasteiger partial charge is 0.489 e. The molecule has 0 aliphatic carbocycles. The number of para-hydroxylation sites is 1. The maximum absolute atomic E-state index is 13.5. The molecule has 6 heteroatoms. The fourth-order valence-electron chi connectivity index (χ4n) is 2.76. The molecule has 0 fully saturated rings. The van der Waals surface area contributed by atoms with Crippen molar-refractivity contribution in [3.05, 3.63) is 57.8 Å². The summed E-state index contributed by atoms with van der Waals surface area (Å²) in [6, 6.07) is 8.07. The molecule has 23 heavy (non-hydrogen) atoms. The maximum Gasteiger partial charge on any atom is 0.267 e. The smallest absolute Gasteiger partial charge is 0.267 e. The monoisotopic (exact) mass is 317 g/mol. The van der Waals surface area contributed by atoms with Gasteiger partial charge in [-0.3, -0.25) is 9.69 Å². The number of fused-ring (bicyclic) bond motifs is 1. The Morgan fingerprint density at radius 1 is 1.35 bits per heavy atom. The van der Waals surface area contributed by atoms with E-state index in [0.29, 0.717) is 26.2 Å². The van der Waals surface area contributed by atoms with Crippen LogP contribution in [-0.2, 0) is 19.5 Å². The molecule has 0 N–H and O–H groups in total. The van der Waals surface area contributed by atoms with Gasteiger partial charge in [-0.2, -0.15) is 5.10 Å². The summed E-state index contributed by atoms with van der Waals surface area (Å²) >= 11 is 0. The number of benzene rings is 1. The first-order chi connectivity index (χ1) is 11.2. The molecule has 3 rings (SSSR count). The fraction of sp³-hybridized carbons (Fsp3) is 0.412. The summed E-state index contributed by atoms with van der Waals surface area (Å²) < 4.78 is 20.5. The molecule has 0 spiro atoms. The first-order valence-corrected chi connectivity index (χ1v) is 7.87. The van der Waals surface area contributed by atoms with Crippen molar-refractivity contribution in [2.75, 3.05) is 19.7 Å². The number of ether oxygens (including phenoxy) is 1. The van der Waals surface area contributed by atoms with Crippen LogP contribution in [0.2, 0.25) is 0 Å². The maximum atomic E-state index is 13.5. The van der Waals surface area contributed by atoms with Gasteiger partial charge in [0.25, 0.3) is 5.56 Å². The zero-order valence-electron chi connectivity index (χ0n) is 13.2. The highest BCUT2D eigenvalue weighted by atomic mass is 19.1. The molecule has 0 saturated heterocycles. The van der Waals surface area contributed by atoms with Crippen molar-refractivity contribution in [1.82, 2.24) is 14.7 Å². The van der Waals surface area contributed by atoms with Crippen molar-refractivity contribution in [2.24, 2.45) is 0 Å². The molecule has 1 aliphatic rings. The van der Waals surface area contributed by atoms with E-state index in [4.69, 9.17) is 4.74 Å². The predicted molar refractivity (Wildman–Crippen MR) is 85.0 cm³/mol. The first kappa shape index (κ1) is 15.7. The average molecular weight is 317 g/mol. The highest BCUT2D eigenvalue weighted by molar-refractivity contribution is 5.23. The van der Waals surface area contributed by atoms with E-state index in [2.05, 4.69) is 10.00 Å². The highest BCUT2D eigenvalue weighted by Crippen LogP contribution is 2.17. The lowest BCUT2D eigenvalue weighted by molar-refractivity contribution is 0.190. The van der Waals surface area contributed by atoms with Crippen molar-refractivity contribution in [2.45, 2.75) is 26.4 Å². The predicted octanol–water partition coefficient (Wildman–Crippen LogP) is 1.84. The molecule has 2 aromatic rings. The highest BCUT2D eigenvalue weighted by Gasteiger charge is 2.18. The van der Waals surface area contributed by atoms with Gasteiger partial charge in [0.1, 0.15) is 6.61 Å². The molecule has 1 aromatic carbocycles. The molecule has 0 bridgehead atoms. The van der Waals surface area contributed by atoms with Crippen LogP contribution in [0.4, 0.5) is 4.39 Å². The molecule has 0 radical (unpaired) electrons. The van der Waals surface area contributed by atoms with Gasteiger partial charge in [-0.05, 0) is 24.6 Å². The molecule has 1 aliphatic heterocycles. The van der Waals surface area contributed by atoms with Crippen LogP contribution < -0.4 is 10.3 Å². The summed E-state index contributed by atoms with van der Waals surface area (Å²) in [5, 5.41) is 4.40. The number of halogens is 1. The van der Waals surface area contributed by atoms with Gasteiger partial charge in [-0.1, -0.05) is 12.1 Å². The Hall–Kier alpha value is -2.21. The van der Waals surface area contributed by atoms with Crippen LogP contribution in [-0.4, -0.2) is 34.4 Å². The lowest BCUT2D eigenvalue weighted by Crippen LogP contribution is -2.36. The summed E-state index contributed by atoms with van der Waals surface area (Å²) in [5.41, 5.74) is 1.92. The molecule has 1 aromatic heterocycles. The second-order valence-corrected chi connectivity index (χ2v) is 5.58. The normalized spacial score (nSPS) is 14.5. The lowest BCUT2D eigenvalue weighted by atomic mass is 10.1. The van der Waals surface area contributed by atoms with Crippen LogP contribution in [0, 0.1) is 5.82 Å². The van der Waals surface area contributed by atoms with E-state index in [0.717, 1.165) is 24.2 Å². The average Bonchev–Trinajstić information content (AvgIpc) is 2.56. The molecule has 0 unspecified atom stereocenters. The van der Waals surface area contributed by atoms with Gasteiger partial charge < -0.3 is 4.74 Å². The summed E-state index contributed by atoms with van der Waals surface area (Å²) in [5.74, 6) is -0.0711. The number of hydrogen-bond donors (Lipinski definition) is 0. The number of aryl methyl sites for hydroxylation is 1. The SMILES string of the molecule is CCn1nc2c(cc1=O)CN(CCOc1ccccc1F)CC2. The van der Waals surface area contributed by atoms with Crippen LogP contribution in [0.25, 0.3) is 0 Å². The van der Waals surface area contributed by atoms with E-state index < -0.39 is 0 Å². The van der Waals surface area contributed by atoms with Crippen LogP contribution in [0.1, 0.15) is 18.2 Å². The third-order valence-corrected chi connectivity index (χ3v) is 4.02. The van der Waals surface area contributed by atoms with Gasteiger partial charge in [0.2, 0.25) is 0 Å². The Balaban J connectivity index is 1.59. The third-order valence-electron chi connectivity index (χ3n) is 4.02. The minimum atomic E-state index is -0.346. The van der Waals surface area contributed by atoms with Crippen LogP contribution in [0.3, 0.4) is 0 Å². The van der Waals surface area contributed by atoms with Gasteiger partial charge in [0, 0.05) is 38.7 Å². The Bertz CT molecular complexity index is 745. The van der Waals surface area contributed by atoms with Crippen molar-refractivity contribution in [3.8, 4) is 5.75 Å². The Labute approximate surface area is 134 Å². The second-order valence-electron chi connectivity index (χ2n) is 5.58. The standard InChI is InChI=1S/C17H20FN3O2/c1-2-21-17(22)11-13-12-20(8-7-15(13)19-21)9-10-23-16-6-4-3-5-14(16)18/h3-6,11H,2,7-10,12H2,1H3. The van der Waals surface area contributed by atoms with E-state index in [1.54, 1.807) is 24.3 Å². The molecule has 0 amide bonds.